The number of morpholine rings is 2. The fourth-order valence-electron chi connectivity index (χ4n) is 7.74. The summed E-state index contributed by atoms with van der Waals surface area (Å²) < 4.78 is 97.9. The van der Waals surface area contributed by atoms with Gasteiger partial charge < -0.3 is 39.4 Å². The van der Waals surface area contributed by atoms with Gasteiger partial charge in [0, 0.05) is 67.9 Å². The second kappa shape index (κ2) is 20.1. The molecule has 16 nitrogen and oxygen atoms in total. The van der Waals surface area contributed by atoms with Crippen molar-refractivity contribution in [1.29, 1.82) is 0 Å². The third-order valence-electron chi connectivity index (χ3n) is 11.3. The Morgan fingerprint density at radius 3 is 1.49 bits per heavy atom. The van der Waals surface area contributed by atoms with E-state index in [1.165, 1.54) is 30.3 Å². The van der Waals surface area contributed by atoms with Crippen LogP contribution in [0.1, 0.15) is 0 Å². The van der Waals surface area contributed by atoms with Crippen LogP contribution < -0.4 is 39.9 Å². The van der Waals surface area contributed by atoms with Gasteiger partial charge in [0.05, 0.1) is 72.3 Å². The summed E-state index contributed by atoms with van der Waals surface area (Å²) in [6, 6.07) is 20.8. The van der Waals surface area contributed by atoms with Crippen molar-refractivity contribution in [3.8, 4) is 23.0 Å². The third-order valence-corrected chi connectivity index (χ3v) is 11.3. The lowest BCUT2D eigenvalue weighted by atomic mass is 10.2. The minimum Gasteiger partial charge on any atom is -0.454 e. The Morgan fingerprint density at radius 1 is 0.493 bits per heavy atom. The highest BCUT2D eigenvalue weighted by molar-refractivity contribution is 6.13. The Hall–Kier alpha value is -8.69. The predicted octanol–water partition coefficient (Wildman–Crippen LogP) is 10.2. The number of rotatable bonds is 10. The zero-order valence-electron chi connectivity index (χ0n) is 37.2. The first kappa shape index (κ1) is 46.1. The van der Waals surface area contributed by atoms with Gasteiger partial charge in [-0.15, -0.1) is 0 Å². The van der Waals surface area contributed by atoms with Crippen molar-refractivity contribution in [3.05, 3.63) is 157 Å². The van der Waals surface area contributed by atoms with Gasteiger partial charge in [-0.2, -0.15) is 10.0 Å². The minimum atomic E-state index is -1.40. The van der Waals surface area contributed by atoms with E-state index in [4.69, 9.17) is 28.9 Å². The topological polar surface area (TPSA) is 160 Å². The maximum absolute atomic E-state index is 15.8. The fraction of sp³-hybridized carbons (Fsp3) is 0.160. The standard InChI is InChI=1S/C50H39F5N10O6/c51-30-1-3-31(4-2-30)58-49(66)65(34-7-12-39(54)46(25-34)71-36-9-14-42-44(27-36)61-48(29-57-42)63-17-21-69-22-18-63)64(33-6-11-37(52)40(55)24-33)50(67)59-32-5-10-38(53)45(23-32)70-35-8-13-41-43(26-35)60-47(28-56-41)62-15-19-68-20-16-62/h1-14,23-29H,15-22H2,(H,58,66)(H,59,67). The van der Waals surface area contributed by atoms with Crippen molar-refractivity contribution in [2.45, 2.75) is 0 Å². The maximum Gasteiger partial charge on any atom is 0.345 e. The Kier molecular flexibility index (Phi) is 13.0. The lowest BCUT2D eigenvalue weighted by molar-refractivity contribution is 0.122. The van der Waals surface area contributed by atoms with Crippen molar-refractivity contribution in [2.75, 3.05) is 83.1 Å². The number of benzene rings is 6. The van der Waals surface area contributed by atoms with Gasteiger partial charge >= 0.3 is 12.1 Å². The quantitative estimate of drug-likeness (QED) is 0.0988. The zero-order chi connectivity index (χ0) is 49.0. The first-order valence-electron chi connectivity index (χ1n) is 22.1. The lowest BCUT2D eigenvalue weighted by Crippen LogP contribution is -2.54. The molecule has 4 heterocycles. The van der Waals surface area contributed by atoms with Gasteiger partial charge in [0.1, 0.15) is 29.0 Å². The molecule has 2 saturated heterocycles. The molecule has 0 atom stereocenters. The van der Waals surface area contributed by atoms with Crippen LogP contribution in [0.15, 0.2) is 128 Å². The molecule has 6 aromatic carbocycles. The molecule has 360 valence electrons. The van der Waals surface area contributed by atoms with Crippen molar-refractivity contribution in [1.82, 2.24) is 19.9 Å². The van der Waals surface area contributed by atoms with Crippen molar-refractivity contribution in [2.24, 2.45) is 0 Å². The van der Waals surface area contributed by atoms with Crippen LogP contribution in [-0.2, 0) is 9.47 Å². The average molecular weight is 971 g/mol. The molecule has 10 rings (SSSR count). The van der Waals surface area contributed by atoms with Gasteiger partial charge in [-0.3, -0.25) is 9.97 Å². The number of fused-ring (bicyclic) bond motifs is 2. The van der Waals surface area contributed by atoms with Crippen LogP contribution in [0.2, 0.25) is 0 Å². The number of hydrazine groups is 1. The summed E-state index contributed by atoms with van der Waals surface area (Å²) in [4.78, 5) is 51.8. The van der Waals surface area contributed by atoms with E-state index in [9.17, 15) is 18.4 Å². The number of amides is 4. The predicted molar refractivity (Wildman–Crippen MR) is 254 cm³/mol. The van der Waals surface area contributed by atoms with E-state index in [1.807, 2.05) is 9.80 Å². The van der Waals surface area contributed by atoms with Crippen LogP contribution >= 0.6 is 0 Å². The largest absolute Gasteiger partial charge is 0.454 e. The first-order valence-corrected chi connectivity index (χ1v) is 22.1. The second-order valence-electron chi connectivity index (χ2n) is 16.0. The number of nitrogens with one attached hydrogen (secondary N) is 2. The molecule has 0 radical (unpaired) electrons. The molecule has 0 bridgehead atoms. The van der Waals surface area contributed by atoms with Crippen LogP contribution in [0, 0.1) is 29.1 Å². The number of ether oxygens (including phenoxy) is 4. The van der Waals surface area contributed by atoms with E-state index < -0.39 is 52.6 Å². The lowest BCUT2D eigenvalue weighted by Gasteiger charge is -2.35. The summed E-state index contributed by atoms with van der Waals surface area (Å²) in [6.45, 7) is 4.60. The highest BCUT2D eigenvalue weighted by Gasteiger charge is 2.32. The summed E-state index contributed by atoms with van der Waals surface area (Å²) in [6.07, 6.45) is 3.30. The monoisotopic (exact) mass is 970 g/mol. The van der Waals surface area contributed by atoms with Crippen LogP contribution in [0.25, 0.3) is 22.1 Å². The smallest absolute Gasteiger partial charge is 0.345 e. The van der Waals surface area contributed by atoms with Gasteiger partial charge in [-0.1, -0.05) is 0 Å². The SMILES string of the molecule is O=C(Nc1ccc(F)c(Oc2ccc3ncc(N4CCOCC4)nc3c2)c1)N(c1ccc(F)c(F)c1)N(C(=O)Nc1ccc(F)cc1)c1ccc(F)c(Oc2ccc3ncc(N4CCOCC4)nc3c2)c1. The Labute approximate surface area is 400 Å². The molecule has 21 heteroatoms. The van der Waals surface area contributed by atoms with Crippen molar-refractivity contribution < 1.29 is 50.5 Å². The Morgan fingerprint density at radius 2 is 0.958 bits per heavy atom. The number of hydrogen-bond acceptors (Lipinski definition) is 12. The van der Waals surface area contributed by atoms with E-state index in [2.05, 4.69) is 20.6 Å². The van der Waals surface area contributed by atoms with Gasteiger partial charge in [0.25, 0.3) is 0 Å². The third kappa shape index (κ3) is 10.4. The van der Waals surface area contributed by atoms with Crippen molar-refractivity contribution >= 4 is 68.5 Å². The van der Waals surface area contributed by atoms with E-state index in [0.29, 0.717) is 102 Å². The normalized spacial score (nSPS) is 13.8. The molecule has 2 aliphatic rings. The zero-order valence-corrected chi connectivity index (χ0v) is 37.2. The Bertz CT molecular complexity index is 3290. The van der Waals surface area contributed by atoms with Crippen LogP contribution in [0.4, 0.5) is 65.9 Å². The van der Waals surface area contributed by atoms with Gasteiger partial charge in [0.15, 0.2) is 34.8 Å². The Balaban J connectivity index is 0.986. The van der Waals surface area contributed by atoms with Gasteiger partial charge in [-0.05, 0) is 84.9 Å². The summed E-state index contributed by atoms with van der Waals surface area (Å²) >= 11 is 0. The van der Waals surface area contributed by atoms with Gasteiger partial charge in [0.2, 0.25) is 0 Å². The number of anilines is 6. The van der Waals surface area contributed by atoms with Crippen molar-refractivity contribution in [3.63, 3.8) is 0 Å². The van der Waals surface area contributed by atoms with E-state index in [-0.39, 0.29) is 34.3 Å². The summed E-state index contributed by atoms with van der Waals surface area (Å²) in [5.41, 5.74) is 1.32. The minimum absolute atomic E-state index is 0.0525. The molecule has 0 unspecified atom stereocenters. The maximum atomic E-state index is 15.8. The molecule has 0 saturated carbocycles. The molecule has 2 N–H and O–H groups in total. The highest BCUT2D eigenvalue weighted by Crippen LogP contribution is 2.35. The number of urea groups is 2. The molecule has 8 aromatic rings. The van der Waals surface area contributed by atoms with E-state index in [0.717, 1.165) is 48.5 Å². The molecule has 0 spiro atoms. The summed E-state index contributed by atoms with van der Waals surface area (Å²) in [7, 11) is 0. The van der Waals surface area contributed by atoms with Crippen LogP contribution in [0.5, 0.6) is 23.0 Å². The number of carbonyl (C=O) groups excluding carboxylic acids is 2. The number of nitrogens with zero attached hydrogens (tertiary/aromatic N) is 8. The fourth-order valence-corrected chi connectivity index (χ4v) is 7.74. The molecule has 2 fully saturated rings. The molecule has 4 amide bonds. The molecular formula is C50H39F5N10O6. The summed E-state index contributed by atoms with van der Waals surface area (Å²) in [5, 5.41) is 6.46. The number of hydrogen-bond donors (Lipinski definition) is 2. The molecular weight excluding hydrogens is 932 g/mol. The van der Waals surface area contributed by atoms with Crippen LogP contribution in [-0.4, -0.2) is 84.6 Å². The average Bonchev–Trinajstić information content (AvgIpc) is 3.39. The van der Waals surface area contributed by atoms with Gasteiger partial charge in [-0.25, -0.2) is 41.5 Å². The van der Waals surface area contributed by atoms with Crippen LogP contribution in [0.3, 0.4) is 0 Å². The molecule has 2 aliphatic heterocycles. The van der Waals surface area contributed by atoms with E-state index in [1.54, 1.807) is 42.7 Å². The number of carbonyl (C=O) groups is 2. The molecule has 2 aromatic heterocycles. The number of aromatic nitrogens is 4. The highest BCUT2D eigenvalue weighted by atomic mass is 19.2. The summed E-state index contributed by atoms with van der Waals surface area (Å²) in [5.74, 6) is -4.21. The second-order valence-corrected chi connectivity index (χ2v) is 16.0. The molecule has 71 heavy (non-hydrogen) atoms. The van der Waals surface area contributed by atoms with E-state index >= 15 is 13.2 Å². The number of halogens is 5. The first-order chi connectivity index (χ1) is 34.5. The molecule has 0 aliphatic carbocycles.